The summed E-state index contributed by atoms with van der Waals surface area (Å²) >= 11 is 6.00. The highest BCUT2D eigenvalue weighted by Crippen LogP contribution is 2.22. The number of fused-ring (bicyclic) bond motifs is 1. The van der Waals surface area contributed by atoms with Gasteiger partial charge in [0.1, 0.15) is 5.65 Å². The first-order valence-electron chi connectivity index (χ1n) is 6.21. The minimum atomic E-state index is -0.299. The molecule has 0 saturated carbocycles. The Morgan fingerprint density at radius 1 is 1.20 bits per heavy atom. The van der Waals surface area contributed by atoms with Crippen LogP contribution in [-0.4, -0.2) is 14.2 Å². The van der Waals surface area contributed by atoms with Gasteiger partial charge in [-0.3, -0.25) is 14.7 Å². The number of rotatable bonds is 2. The van der Waals surface area contributed by atoms with E-state index in [9.17, 15) is 9.59 Å². The van der Waals surface area contributed by atoms with Crippen molar-refractivity contribution < 1.29 is 0 Å². The molecule has 3 aromatic rings. The Hall–Kier alpha value is -2.27. The third-order valence-corrected chi connectivity index (χ3v) is 3.43. The van der Waals surface area contributed by atoms with Gasteiger partial charge in [0.15, 0.2) is 0 Å². The quantitative estimate of drug-likeness (QED) is 0.786. The standard InChI is InChI=1S/C14H12ClN3O2/c1-2-17-11(9-4-3-5-10(15)6-9)7-14(20)18-13(17)8-12(19)16-18/h3-8H,2H2,1H3,(H,16,19). The minimum Gasteiger partial charge on any atom is -0.326 e. The lowest BCUT2D eigenvalue weighted by molar-refractivity contribution is 0.745. The third-order valence-electron chi connectivity index (χ3n) is 3.20. The van der Waals surface area contributed by atoms with Crippen LogP contribution in [0.25, 0.3) is 16.9 Å². The van der Waals surface area contributed by atoms with Crippen molar-refractivity contribution in [2.45, 2.75) is 13.5 Å². The highest BCUT2D eigenvalue weighted by atomic mass is 35.5. The lowest BCUT2D eigenvalue weighted by Crippen LogP contribution is -2.19. The molecule has 2 aromatic heterocycles. The lowest BCUT2D eigenvalue weighted by Gasteiger charge is -2.13. The summed E-state index contributed by atoms with van der Waals surface area (Å²) in [5.74, 6) is 0. The molecule has 102 valence electrons. The van der Waals surface area contributed by atoms with Crippen molar-refractivity contribution in [2.24, 2.45) is 0 Å². The van der Waals surface area contributed by atoms with Gasteiger partial charge in [-0.05, 0) is 24.6 Å². The fourth-order valence-electron chi connectivity index (χ4n) is 2.35. The Labute approximate surface area is 119 Å². The van der Waals surface area contributed by atoms with E-state index in [-0.39, 0.29) is 11.1 Å². The van der Waals surface area contributed by atoms with E-state index in [1.807, 2.05) is 23.6 Å². The van der Waals surface area contributed by atoms with E-state index in [1.165, 1.54) is 16.6 Å². The highest BCUT2D eigenvalue weighted by molar-refractivity contribution is 6.30. The van der Waals surface area contributed by atoms with Crippen molar-refractivity contribution in [3.05, 3.63) is 62.1 Å². The fraction of sp³-hybridized carbons (Fsp3) is 0.143. The first-order chi connectivity index (χ1) is 9.60. The molecular formula is C14H12ClN3O2. The molecular weight excluding hydrogens is 278 g/mol. The summed E-state index contributed by atoms with van der Waals surface area (Å²) in [6.45, 7) is 2.58. The molecule has 6 heteroatoms. The number of hydrogen-bond donors (Lipinski definition) is 1. The first-order valence-corrected chi connectivity index (χ1v) is 6.59. The second kappa shape index (κ2) is 4.68. The molecule has 2 heterocycles. The van der Waals surface area contributed by atoms with Gasteiger partial charge in [-0.2, -0.15) is 0 Å². The number of nitrogens with one attached hydrogen (secondary N) is 1. The van der Waals surface area contributed by atoms with Crippen LogP contribution in [0.3, 0.4) is 0 Å². The normalized spacial score (nSPS) is 11.1. The Balaban J connectivity index is 2.41. The number of aromatic nitrogens is 3. The van der Waals surface area contributed by atoms with Crippen molar-refractivity contribution in [3.8, 4) is 11.3 Å². The molecule has 5 nitrogen and oxygen atoms in total. The van der Waals surface area contributed by atoms with Gasteiger partial charge in [-0.25, -0.2) is 4.52 Å². The number of H-pyrrole nitrogens is 1. The first kappa shape index (κ1) is 12.7. The summed E-state index contributed by atoms with van der Waals surface area (Å²) in [5, 5.41) is 3.09. The average molecular weight is 290 g/mol. The fourth-order valence-corrected chi connectivity index (χ4v) is 2.54. The molecule has 3 rings (SSSR count). The summed E-state index contributed by atoms with van der Waals surface area (Å²) in [5.41, 5.74) is 1.54. The zero-order valence-electron chi connectivity index (χ0n) is 10.8. The van der Waals surface area contributed by atoms with E-state index >= 15 is 0 Å². The topological polar surface area (TPSA) is 59.3 Å². The van der Waals surface area contributed by atoms with Crippen LogP contribution in [-0.2, 0) is 6.54 Å². The average Bonchev–Trinajstić information content (AvgIpc) is 2.81. The van der Waals surface area contributed by atoms with Gasteiger partial charge < -0.3 is 4.57 Å². The summed E-state index contributed by atoms with van der Waals surface area (Å²) in [4.78, 5) is 23.5. The predicted octanol–water partition coefficient (Wildman–Crippen LogP) is 2.13. The monoisotopic (exact) mass is 289 g/mol. The van der Waals surface area contributed by atoms with Crippen LogP contribution in [0, 0.1) is 0 Å². The van der Waals surface area contributed by atoms with Gasteiger partial charge in [-0.1, -0.05) is 23.7 Å². The smallest absolute Gasteiger partial charge is 0.273 e. The largest absolute Gasteiger partial charge is 0.326 e. The van der Waals surface area contributed by atoms with Crippen LogP contribution in [0.15, 0.2) is 46.0 Å². The number of aryl methyl sites for hydroxylation is 1. The number of hydrogen-bond acceptors (Lipinski definition) is 2. The van der Waals surface area contributed by atoms with Gasteiger partial charge in [0.25, 0.3) is 11.1 Å². The number of benzene rings is 1. The molecule has 0 aliphatic heterocycles. The molecule has 20 heavy (non-hydrogen) atoms. The highest BCUT2D eigenvalue weighted by Gasteiger charge is 2.11. The Bertz CT molecular complexity index is 905. The molecule has 0 bridgehead atoms. The number of nitrogens with zero attached hydrogens (tertiary/aromatic N) is 2. The summed E-state index contributed by atoms with van der Waals surface area (Å²) in [6, 6.07) is 10.2. The van der Waals surface area contributed by atoms with Crippen LogP contribution < -0.4 is 11.1 Å². The molecule has 0 spiro atoms. The molecule has 1 aromatic carbocycles. The maximum Gasteiger partial charge on any atom is 0.273 e. The summed E-state index contributed by atoms with van der Waals surface area (Å²) in [7, 11) is 0. The minimum absolute atomic E-state index is 0.276. The van der Waals surface area contributed by atoms with E-state index in [2.05, 4.69) is 5.10 Å². The van der Waals surface area contributed by atoms with Crippen molar-refractivity contribution in [1.82, 2.24) is 14.2 Å². The van der Waals surface area contributed by atoms with Crippen molar-refractivity contribution in [2.75, 3.05) is 0 Å². The second-order valence-electron chi connectivity index (χ2n) is 4.44. The predicted molar refractivity (Wildman–Crippen MR) is 78.4 cm³/mol. The van der Waals surface area contributed by atoms with E-state index in [4.69, 9.17) is 11.6 Å². The molecule has 0 fully saturated rings. The van der Waals surface area contributed by atoms with Gasteiger partial charge in [0, 0.05) is 23.7 Å². The van der Waals surface area contributed by atoms with E-state index in [1.54, 1.807) is 12.1 Å². The van der Waals surface area contributed by atoms with Crippen LogP contribution in [0.4, 0.5) is 0 Å². The van der Waals surface area contributed by atoms with Crippen molar-refractivity contribution >= 4 is 17.2 Å². The molecule has 0 radical (unpaired) electrons. The number of aromatic amines is 1. The van der Waals surface area contributed by atoms with Gasteiger partial charge >= 0.3 is 0 Å². The maximum absolute atomic E-state index is 12.1. The van der Waals surface area contributed by atoms with Gasteiger partial charge in [0.05, 0.1) is 5.69 Å². The zero-order valence-corrected chi connectivity index (χ0v) is 11.5. The zero-order chi connectivity index (χ0) is 14.3. The Morgan fingerprint density at radius 2 is 2.00 bits per heavy atom. The summed E-state index contributed by atoms with van der Waals surface area (Å²) < 4.78 is 3.14. The van der Waals surface area contributed by atoms with E-state index < -0.39 is 0 Å². The van der Waals surface area contributed by atoms with Gasteiger partial charge in [-0.15, -0.1) is 0 Å². The van der Waals surface area contributed by atoms with Crippen molar-refractivity contribution in [1.29, 1.82) is 0 Å². The van der Waals surface area contributed by atoms with E-state index in [0.29, 0.717) is 17.2 Å². The third kappa shape index (κ3) is 1.96. The second-order valence-corrected chi connectivity index (χ2v) is 4.87. The van der Waals surface area contributed by atoms with Crippen molar-refractivity contribution in [3.63, 3.8) is 0 Å². The Morgan fingerprint density at radius 3 is 2.70 bits per heavy atom. The molecule has 1 N–H and O–H groups in total. The lowest BCUT2D eigenvalue weighted by atomic mass is 10.1. The van der Waals surface area contributed by atoms with Crippen LogP contribution in [0.2, 0.25) is 5.02 Å². The number of halogens is 1. The maximum atomic E-state index is 12.1. The molecule has 0 saturated heterocycles. The molecule has 0 aliphatic rings. The Kier molecular flexibility index (Phi) is 2.99. The molecule has 0 atom stereocenters. The van der Waals surface area contributed by atoms with E-state index in [0.717, 1.165) is 11.3 Å². The summed E-state index contributed by atoms with van der Waals surface area (Å²) in [6.07, 6.45) is 0. The SMILES string of the molecule is CCn1c(-c2cccc(Cl)c2)cc(=O)n2[nH]c(=O)cc12. The van der Waals surface area contributed by atoms with Crippen LogP contribution in [0.5, 0.6) is 0 Å². The van der Waals surface area contributed by atoms with Crippen LogP contribution >= 0.6 is 11.6 Å². The molecule has 0 amide bonds. The molecule has 0 unspecified atom stereocenters. The van der Waals surface area contributed by atoms with Crippen LogP contribution in [0.1, 0.15) is 6.92 Å². The van der Waals surface area contributed by atoms with Gasteiger partial charge in [0.2, 0.25) is 0 Å². The molecule has 0 aliphatic carbocycles.